The molecular formula is C34H30Cl4N8O7. The Morgan fingerprint density at radius 2 is 1.21 bits per heavy atom. The van der Waals surface area contributed by atoms with E-state index in [0.29, 0.717) is 58.3 Å². The Morgan fingerprint density at radius 3 is 1.68 bits per heavy atom. The number of carbonyl (C=O) groups is 1. The molecule has 7 rings (SSSR count). The van der Waals surface area contributed by atoms with Gasteiger partial charge in [0.2, 0.25) is 17.5 Å². The molecule has 1 fully saturated rings. The van der Waals surface area contributed by atoms with E-state index in [1.54, 1.807) is 83.8 Å². The van der Waals surface area contributed by atoms with Crippen LogP contribution in [0.1, 0.15) is 15.9 Å². The van der Waals surface area contributed by atoms with Crippen LogP contribution in [0.15, 0.2) is 98.1 Å². The summed E-state index contributed by atoms with van der Waals surface area (Å²) in [5, 5.41) is 24.8. The summed E-state index contributed by atoms with van der Waals surface area (Å²) in [5.41, 5.74) is 0.904. The molecule has 15 nitrogen and oxygen atoms in total. The van der Waals surface area contributed by atoms with E-state index >= 15 is 0 Å². The molecule has 0 aliphatic carbocycles. The van der Waals surface area contributed by atoms with Gasteiger partial charge in [-0.1, -0.05) is 46.4 Å². The summed E-state index contributed by atoms with van der Waals surface area (Å²) in [6.45, 7) is 1.01. The van der Waals surface area contributed by atoms with Crippen molar-refractivity contribution in [3.8, 4) is 23.3 Å². The van der Waals surface area contributed by atoms with Gasteiger partial charge in [-0.25, -0.2) is 29.3 Å². The number of aliphatic hydroxyl groups is 2. The van der Waals surface area contributed by atoms with Gasteiger partial charge in [-0.05, 0) is 60.7 Å². The first-order chi connectivity index (χ1) is 25.7. The maximum absolute atomic E-state index is 12.2. The minimum Gasteiger partial charge on any atom is -0.439 e. The zero-order valence-electron chi connectivity index (χ0n) is 27.5. The van der Waals surface area contributed by atoms with Crippen molar-refractivity contribution in [3.63, 3.8) is 0 Å². The Morgan fingerprint density at radius 1 is 0.698 bits per heavy atom. The maximum atomic E-state index is 12.2. The molecule has 0 atom stereocenters. The van der Waals surface area contributed by atoms with Gasteiger partial charge in [0.1, 0.15) is 60.2 Å². The molecule has 0 spiro atoms. The summed E-state index contributed by atoms with van der Waals surface area (Å²) in [6.07, 6.45) is 5.85. The van der Waals surface area contributed by atoms with E-state index in [2.05, 4.69) is 30.1 Å². The number of halogens is 4. The van der Waals surface area contributed by atoms with Crippen LogP contribution in [0.25, 0.3) is 0 Å². The molecule has 0 bridgehead atoms. The van der Waals surface area contributed by atoms with Gasteiger partial charge in [0.05, 0.1) is 37.6 Å². The highest BCUT2D eigenvalue weighted by Crippen LogP contribution is 2.38. The van der Waals surface area contributed by atoms with Gasteiger partial charge in [-0.15, -0.1) is 0 Å². The van der Waals surface area contributed by atoms with E-state index < -0.39 is 5.79 Å². The van der Waals surface area contributed by atoms with Crippen molar-refractivity contribution in [1.82, 2.24) is 39.5 Å². The number of aromatic nitrogens is 8. The minimum atomic E-state index is -1.06. The van der Waals surface area contributed by atoms with Gasteiger partial charge < -0.3 is 29.2 Å². The molecule has 1 saturated heterocycles. The predicted molar refractivity (Wildman–Crippen MR) is 194 cm³/mol. The molecule has 276 valence electrons. The maximum Gasteiger partial charge on any atom is 0.220 e. The molecule has 2 aromatic carbocycles. The quantitative estimate of drug-likeness (QED) is 0.110. The van der Waals surface area contributed by atoms with Gasteiger partial charge in [-0.3, -0.25) is 4.79 Å². The molecular weight excluding hydrogens is 774 g/mol. The van der Waals surface area contributed by atoms with Crippen LogP contribution in [-0.2, 0) is 28.4 Å². The van der Waals surface area contributed by atoms with E-state index in [4.69, 9.17) is 75.6 Å². The summed E-state index contributed by atoms with van der Waals surface area (Å²) >= 11 is 24.2. The van der Waals surface area contributed by atoms with E-state index in [1.807, 2.05) is 0 Å². The number of ether oxygens (including phenoxy) is 4. The normalized spacial score (nSPS) is 12.9. The second kappa shape index (κ2) is 19.4. The molecule has 1 aliphatic heterocycles. The fourth-order valence-electron chi connectivity index (χ4n) is 4.55. The third-order valence-corrected chi connectivity index (χ3v) is 7.97. The summed E-state index contributed by atoms with van der Waals surface area (Å²) in [7, 11) is 0. The third-order valence-electron chi connectivity index (χ3n) is 6.89. The summed E-state index contributed by atoms with van der Waals surface area (Å²) in [6, 6.07) is 20.4. The van der Waals surface area contributed by atoms with E-state index in [9.17, 15) is 4.79 Å². The predicted octanol–water partition coefficient (Wildman–Crippen LogP) is 6.30. The number of pyridine rings is 2. The first-order valence-electron chi connectivity index (χ1n) is 15.6. The van der Waals surface area contributed by atoms with E-state index in [1.165, 1.54) is 23.7 Å². The number of aliphatic hydroxyl groups excluding tert-OH is 2. The molecule has 1 aliphatic rings. The SMILES string of the molecule is Clc1ccc(Oc2ccc(C3(Cn4cncn4)OCCO3)c(Cl)n2)cc1.O=C(Cn1cncn1)c1ccc(Oc2ccc(Cl)cc2)nc1Cl.OCCO. The highest BCUT2D eigenvalue weighted by molar-refractivity contribution is 6.33. The number of ketones is 1. The van der Waals surface area contributed by atoms with Gasteiger partial charge >= 0.3 is 0 Å². The van der Waals surface area contributed by atoms with Gasteiger partial charge in [-0.2, -0.15) is 10.2 Å². The third kappa shape index (κ3) is 11.4. The zero-order chi connectivity index (χ0) is 37.6. The largest absolute Gasteiger partial charge is 0.439 e. The fraction of sp³-hybridized carbons (Fsp3) is 0.206. The standard InChI is InChI=1S/C17H14Cl2N4O3.C15H10Cl2N4O2.C2H6O2/c18-12-1-3-13(4-2-12)26-15-6-5-14(16(19)22-15)17(24-7-8-25-17)9-23-11-20-10-21-23;16-10-1-3-11(4-2-10)23-14-6-5-12(15(17)20-14)13(22)7-21-9-18-8-19-21;3-1-2-4/h1-6,10-11H,7-9H2;1-6,8-9H,7H2;3-4H,1-2H2. The van der Waals surface area contributed by atoms with Crippen LogP contribution < -0.4 is 9.47 Å². The van der Waals surface area contributed by atoms with Crippen molar-refractivity contribution in [3.05, 3.63) is 130 Å². The first-order valence-corrected chi connectivity index (χ1v) is 17.1. The number of nitrogens with zero attached hydrogens (tertiary/aromatic N) is 8. The van der Waals surface area contributed by atoms with Crippen LogP contribution in [0.2, 0.25) is 20.4 Å². The monoisotopic (exact) mass is 802 g/mol. The molecule has 5 heterocycles. The van der Waals surface area contributed by atoms with Crippen LogP contribution in [-0.4, -0.2) is 81.9 Å². The number of carbonyl (C=O) groups excluding carboxylic acids is 1. The average molecular weight is 804 g/mol. The van der Waals surface area contributed by atoms with Gasteiger partial charge in [0.25, 0.3) is 0 Å². The molecule has 19 heteroatoms. The van der Waals surface area contributed by atoms with Gasteiger partial charge in [0.15, 0.2) is 5.78 Å². The highest BCUT2D eigenvalue weighted by Gasteiger charge is 2.42. The van der Waals surface area contributed by atoms with Crippen molar-refractivity contribution in [2.75, 3.05) is 26.4 Å². The minimum absolute atomic E-state index is 0.0405. The van der Waals surface area contributed by atoms with Crippen LogP contribution >= 0.6 is 46.4 Å². The second-order valence-electron chi connectivity index (χ2n) is 10.6. The molecule has 0 saturated carbocycles. The molecule has 0 amide bonds. The van der Waals surface area contributed by atoms with Crippen LogP contribution in [0, 0.1) is 0 Å². The van der Waals surface area contributed by atoms with Crippen molar-refractivity contribution in [1.29, 1.82) is 0 Å². The molecule has 53 heavy (non-hydrogen) atoms. The topological polar surface area (TPSA) is 182 Å². The summed E-state index contributed by atoms with van der Waals surface area (Å²) < 4.78 is 26.0. The van der Waals surface area contributed by atoms with Crippen molar-refractivity contribution >= 4 is 52.2 Å². The van der Waals surface area contributed by atoms with Gasteiger partial charge in [0, 0.05) is 22.2 Å². The first kappa shape index (κ1) is 39.5. The zero-order valence-corrected chi connectivity index (χ0v) is 30.5. The Balaban J connectivity index is 0.000000187. The number of hydrogen-bond donors (Lipinski definition) is 2. The Kier molecular flexibility index (Phi) is 14.5. The lowest BCUT2D eigenvalue weighted by Crippen LogP contribution is -2.33. The summed E-state index contributed by atoms with van der Waals surface area (Å²) in [4.78, 5) is 28.3. The van der Waals surface area contributed by atoms with Crippen molar-refractivity contribution in [2.45, 2.75) is 18.9 Å². The Bertz CT molecular complexity index is 2030. The summed E-state index contributed by atoms with van der Waals surface area (Å²) in [5.74, 6) is 0.544. The number of rotatable bonds is 11. The van der Waals surface area contributed by atoms with Crippen LogP contribution in [0.5, 0.6) is 23.3 Å². The number of hydrogen-bond acceptors (Lipinski definition) is 13. The van der Waals surface area contributed by atoms with E-state index in [0.717, 1.165) is 0 Å². The molecule has 0 radical (unpaired) electrons. The molecule has 0 unspecified atom stereocenters. The van der Waals surface area contributed by atoms with Crippen LogP contribution in [0.3, 0.4) is 0 Å². The Labute approximate surface area is 322 Å². The number of Topliss-reactive ketones (excluding diaryl/α,β-unsaturated/α-hetero) is 1. The lowest BCUT2D eigenvalue weighted by Gasteiger charge is -2.28. The number of benzene rings is 2. The van der Waals surface area contributed by atoms with Crippen molar-refractivity contribution in [2.24, 2.45) is 0 Å². The Hall–Kier alpha value is -4.71. The van der Waals surface area contributed by atoms with Crippen LogP contribution in [0.4, 0.5) is 0 Å². The van der Waals surface area contributed by atoms with Crippen molar-refractivity contribution < 1.29 is 34.0 Å². The second-order valence-corrected chi connectivity index (χ2v) is 12.2. The lowest BCUT2D eigenvalue weighted by molar-refractivity contribution is -0.177. The van der Waals surface area contributed by atoms with E-state index in [-0.39, 0.29) is 41.7 Å². The smallest absolute Gasteiger partial charge is 0.220 e. The molecule has 4 aromatic heterocycles. The average Bonchev–Trinajstić information content (AvgIpc) is 3.96. The highest BCUT2D eigenvalue weighted by atomic mass is 35.5. The lowest BCUT2D eigenvalue weighted by atomic mass is 10.1. The molecule has 2 N–H and O–H groups in total. The molecule has 6 aromatic rings. The fourth-order valence-corrected chi connectivity index (χ4v) is 5.34.